The summed E-state index contributed by atoms with van der Waals surface area (Å²) in [6, 6.07) is 17.3. The smallest absolute Gasteiger partial charge is 0.108 e. The average Bonchev–Trinajstić information content (AvgIpc) is 2.97. The largest absolute Gasteiger partial charge is 0.342 e. The number of H-pyrrole nitrogens is 1. The minimum absolute atomic E-state index is 0.359. The summed E-state index contributed by atoms with van der Waals surface area (Å²) in [6.07, 6.45) is 1.97. The minimum Gasteiger partial charge on any atom is -0.342 e. The number of benzene rings is 2. The zero-order valence-corrected chi connectivity index (χ0v) is 13.3. The molecule has 2 N–H and O–H groups in total. The van der Waals surface area contributed by atoms with Gasteiger partial charge in [0.1, 0.15) is 5.82 Å². The highest BCUT2D eigenvalue weighted by Crippen LogP contribution is 2.15. The topological polar surface area (TPSA) is 40.7 Å². The monoisotopic (exact) mass is 293 g/mol. The van der Waals surface area contributed by atoms with Gasteiger partial charge in [-0.3, -0.25) is 0 Å². The molecule has 114 valence electrons. The summed E-state index contributed by atoms with van der Waals surface area (Å²) in [4.78, 5) is 8.09. The maximum absolute atomic E-state index is 4.66. The molecule has 0 amide bonds. The van der Waals surface area contributed by atoms with E-state index in [4.69, 9.17) is 0 Å². The highest BCUT2D eigenvalue weighted by Gasteiger charge is 2.06. The lowest BCUT2D eigenvalue weighted by atomic mass is 10.1. The van der Waals surface area contributed by atoms with E-state index in [2.05, 4.69) is 77.7 Å². The standard InChI is InChI=1S/C19H23N3/c1-3-15-9-10-17-18(13-15)22-19(21-17)11-12-20-14(2)16-7-5-4-6-8-16/h4-10,13-14,20H,3,11-12H2,1-2H3,(H,21,22). The fraction of sp³-hybridized carbons (Fsp3) is 0.316. The van der Waals surface area contributed by atoms with Gasteiger partial charge in [-0.05, 0) is 36.6 Å². The predicted octanol–water partition coefficient (Wildman–Crippen LogP) is 4.02. The van der Waals surface area contributed by atoms with Crippen molar-refractivity contribution in [2.24, 2.45) is 0 Å². The molecule has 3 rings (SSSR count). The molecular weight excluding hydrogens is 270 g/mol. The van der Waals surface area contributed by atoms with Gasteiger partial charge in [-0.25, -0.2) is 4.98 Å². The Hall–Kier alpha value is -2.13. The second kappa shape index (κ2) is 6.75. The molecule has 1 aromatic heterocycles. The van der Waals surface area contributed by atoms with Gasteiger partial charge in [-0.15, -0.1) is 0 Å². The maximum atomic E-state index is 4.66. The van der Waals surface area contributed by atoms with E-state index in [-0.39, 0.29) is 0 Å². The molecule has 0 aliphatic rings. The Morgan fingerprint density at radius 2 is 1.95 bits per heavy atom. The van der Waals surface area contributed by atoms with Gasteiger partial charge in [0.05, 0.1) is 11.0 Å². The number of aryl methyl sites for hydroxylation is 1. The van der Waals surface area contributed by atoms with Crippen LogP contribution >= 0.6 is 0 Å². The predicted molar refractivity (Wildman–Crippen MR) is 92.0 cm³/mol. The molecule has 3 nitrogen and oxygen atoms in total. The average molecular weight is 293 g/mol. The molecule has 0 radical (unpaired) electrons. The molecule has 2 aromatic carbocycles. The Morgan fingerprint density at radius 3 is 2.73 bits per heavy atom. The van der Waals surface area contributed by atoms with Crippen LogP contribution in [0.5, 0.6) is 0 Å². The molecule has 0 aliphatic heterocycles. The maximum Gasteiger partial charge on any atom is 0.108 e. The molecule has 0 saturated heterocycles. The zero-order valence-electron chi connectivity index (χ0n) is 13.3. The van der Waals surface area contributed by atoms with Gasteiger partial charge in [0.25, 0.3) is 0 Å². The second-order valence-corrected chi connectivity index (χ2v) is 5.73. The summed E-state index contributed by atoms with van der Waals surface area (Å²) in [5, 5.41) is 3.55. The van der Waals surface area contributed by atoms with Crippen LogP contribution in [-0.4, -0.2) is 16.5 Å². The Morgan fingerprint density at radius 1 is 1.14 bits per heavy atom. The molecular formula is C19H23N3. The number of aromatic amines is 1. The molecule has 3 aromatic rings. The number of imidazole rings is 1. The van der Waals surface area contributed by atoms with Crippen LogP contribution in [0, 0.1) is 0 Å². The highest BCUT2D eigenvalue weighted by atomic mass is 14.9. The van der Waals surface area contributed by atoms with E-state index in [0.717, 1.165) is 36.2 Å². The molecule has 0 aliphatic carbocycles. The van der Waals surface area contributed by atoms with Gasteiger partial charge in [-0.2, -0.15) is 0 Å². The van der Waals surface area contributed by atoms with Crippen molar-refractivity contribution in [3.05, 3.63) is 65.5 Å². The summed E-state index contributed by atoms with van der Waals surface area (Å²) in [5.74, 6) is 1.05. The fourth-order valence-corrected chi connectivity index (χ4v) is 2.71. The van der Waals surface area contributed by atoms with E-state index >= 15 is 0 Å². The number of nitrogens with zero attached hydrogens (tertiary/aromatic N) is 1. The van der Waals surface area contributed by atoms with Gasteiger partial charge in [0.15, 0.2) is 0 Å². The SMILES string of the molecule is CCc1ccc2nc(CCNC(C)c3ccccc3)[nH]c2c1. The first-order chi connectivity index (χ1) is 10.8. The first kappa shape index (κ1) is 14.8. The lowest BCUT2D eigenvalue weighted by Gasteiger charge is -2.13. The Labute approximate surface area is 131 Å². The summed E-state index contributed by atoms with van der Waals surface area (Å²) in [7, 11) is 0. The van der Waals surface area contributed by atoms with Gasteiger partial charge in [0.2, 0.25) is 0 Å². The summed E-state index contributed by atoms with van der Waals surface area (Å²) >= 11 is 0. The van der Waals surface area contributed by atoms with Crippen molar-refractivity contribution in [1.29, 1.82) is 0 Å². The van der Waals surface area contributed by atoms with E-state index in [9.17, 15) is 0 Å². The van der Waals surface area contributed by atoms with E-state index in [1.165, 1.54) is 11.1 Å². The minimum atomic E-state index is 0.359. The van der Waals surface area contributed by atoms with Crippen LogP contribution in [0.3, 0.4) is 0 Å². The first-order valence-electron chi connectivity index (χ1n) is 8.02. The number of hydrogen-bond acceptors (Lipinski definition) is 2. The van der Waals surface area contributed by atoms with E-state index in [1.54, 1.807) is 0 Å². The lowest BCUT2D eigenvalue weighted by Crippen LogP contribution is -2.21. The molecule has 0 bridgehead atoms. The molecule has 1 unspecified atom stereocenters. The molecule has 0 fully saturated rings. The zero-order chi connectivity index (χ0) is 15.4. The Bertz CT molecular complexity index is 731. The Balaban J connectivity index is 1.59. The number of fused-ring (bicyclic) bond motifs is 1. The van der Waals surface area contributed by atoms with Gasteiger partial charge >= 0.3 is 0 Å². The molecule has 0 saturated carbocycles. The summed E-state index contributed by atoms with van der Waals surface area (Å²) < 4.78 is 0. The number of rotatable bonds is 6. The highest BCUT2D eigenvalue weighted by molar-refractivity contribution is 5.75. The number of hydrogen-bond donors (Lipinski definition) is 2. The van der Waals surface area contributed by atoms with Crippen molar-refractivity contribution < 1.29 is 0 Å². The fourth-order valence-electron chi connectivity index (χ4n) is 2.71. The quantitative estimate of drug-likeness (QED) is 0.720. The van der Waals surface area contributed by atoms with Crippen molar-refractivity contribution in [3.63, 3.8) is 0 Å². The molecule has 0 spiro atoms. The second-order valence-electron chi connectivity index (χ2n) is 5.73. The van der Waals surface area contributed by atoms with Crippen molar-refractivity contribution in [3.8, 4) is 0 Å². The van der Waals surface area contributed by atoms with E-state index < -0.39 is 0 Å². The number of nitrogens with one attached hydrogen (secondary N) is 2. The third-order valence-corrected chi connectivity index (χ3v) is 4.12. The van der Waals surface area contributed by atoms with E-state index in [0.29, 0.717) is 6.04 Å². The molecule has 3 heteroatoms. The molecule has 1 atom stereocenters. The van der Waals surface area contributed by atoms with Crippen LogP contribution in [-0.2, 0) is 12.8 Å². The molecule has 1 heterocycles. The van der Waals surface area contributed by atoms with Crippen molar-refractivity contribution in [2.75, 3.05) is 6.54 Å². The summed E-state index contributed by atoms with van der Waals surface area (Å²) in [5.41, 5.74) is 4.87. The van der Waals surface area contributed by atoms with Crippen LogP contribution in [0.2, 0.25) is 0 Å². The third-order valence-electron chi connectivity index (χ3n) is 4.12. The third kappa shape index (κ3) is 3.37. The summed E-state index contributed by atoms with van der Waals surface area (Å²) in [6.45, 7) is 5.28. The number of aromatic nitrogens is 2. The lowest BCUT2D eigenvalue weighted by molar-refractivity contribution is 0.571. The van der Waals surface area contributed by atoms with Gasteiger partial charge in [0, 0.05) is 19.0 Å². The van der Waals surface area contributed by atoms with Crippen LogP contribution in [0.4, 0.5) is 0 Å². The first-order valence-corrected chi connectivity index (χ1v) is 8.02. The van der Waals surface area contributed by atoms with Crippen LogP contribution in [0.15, 0.2) is 48.5 Å². The van der Waals surface area contributed by atoms with Crippen LogP contribution in [0.1, 0.15) is 36.8 Å². The van der Waals surface area contributed by atoms with Crippen molar-refractivity contribution >= 4 is 11.0 Å². The Kier molecular flexibility index (Phi) is 4.54. The van der Waals surface area contributed by atoms with E-state index in [1.807, 2.05) is 0 Å². The van der Waals surface area contributed by atoms with Crippen LogP contribution in [0.25, 0.3) is 11.0 Å². The van der Waals surface area contributed by atoms with Gasteiger partial charge < -0.3 is 10.3 Å². The van der Waals surface area contributed by atoms with Crippen molar-refractivity contribution in [2.45, 2.75) is 32.7 Å². The normalized spacial score (nSPS) is 12.6. The molecule has 22 heavy (non-hydrogen) atoms. The van der Waals surface area contributed by atoms with Crippen LogP contribution < -0.4 is 5.32 Å². The van der Waals surface area contributed by atoms with Gasteiger partial charge in [-0.1, -0.05) is 43.3 Å². The van der Waals surface area contributed by atoms with Crippen molar-refractivity contribution in [1.82, 2.24) is 15.3 Å².